The van der Waals surface area contributed by atoms with E-state index < -0.39 is 17.9 Å². The molecular formula is C23H30N2O5. The van der Waals surface area contributed by atoms with Crippen LogP contribution in [0.2, 0.25) is 0 Å². The van der Waals surface area contributed by atoms with E-state index in [0.29, 0.717) is 6.54 Å². The van der Waals surface area contributed by atoms with Gasteiger partial charge in [-0.05, 0) is 62.8 Å². The maximum atomic E-state index is 12.0. The van der Waals surface area contributed by atoms with Crippen LogP contribution in [0, 0.1) is 0 Å². The number of benzene rings is 1. The third-order valence-corrected chi connectivity index (χ3v) is 4.75. The third-order valence-electron chi connectivity index (χ3n) is 4.75. The molecule has 162 valence electrons. The molecular weight excluding hydrogens is 384 g/mol. The minimum Gasteiger partial charge on any atom is -0.497 e. The summed E-state index contributed by atoms with van der Waals surface area (Å²) < 4.78 is 10.1. The van der Waals surface area contributed by atoms with Gasteiger partial charge in [-0.3, -0.25) is 9.59 Å². The molecule has 0 spiro atoms. The second-order valence-corrected chi connectivity index (χ2v) is 7.15. The summed E-state index contributed by atoms with van der Waals surface area (Å²) >= 11 is 0. The van der Waals surface area contributed by atoms with E-state index in [2.05, 4.69) is 16.7 Å². The van der Waals surface area contributed by atoms with E-state index in [9.17, 15) is 14.4 Å². The molecule has 2 N–H and O–H groups in total. The first-order valence-electron chi connectivity index (χ1n) is 10.2. The lowest BCUT2D eigenvalue weighted by atomic mass is 9.97. The van der Waals surface area contributed by atoms with Crippen molar-refractivity contribution >= 4 is 23.9 Å². The fourth-order valence-corrected chi connectivity index (χ4v) is 3.01. The fraction of sp³-hybridized carbons (Fsp3) is 0.435. The zero-order valence-electron chi connectivity index (χ0n) is 17.6. The first kappa shape index (κ1) is 23.2. The Hall–Kier alpha value is -3.09. The van der Waals surface area contributed by atoms with Crippen LogP contribution in [0.25, 0.3) is 6.08 Å². The number of allylic oxidation sites excluding steroid dienone is 1. The number of esters is 1. The largest absolute Gasteiger partial charge is 0.497 e. The molecule has 0 saturated heterocycles. The number of amides is 2. The fourth-order valence-electron chi connectivity index (χ4n) is 3.01. The van der Waals surface area contributed by atoms with Crippen LogP contribution in [0.4, 0.5) is 0 Å². The number of methoxy groups -OCH3 is 1. The molecule has 1 atom stereocenters. The molecule has 30 heavy (non-hydrogen) atoms. The monoisotopic (exact) mass is 414 g/mol. The van der Waals surface area contributed by atoms with E-state index in [1.807, 2.05) is 12.1 Å². The van der Waals surface area contributed by atoms with Gasteiger partial charge in [-0.1, -0.05) is 23.8 Å². The lowest BCUT2D eigenvalue weighted by Gasteiger charge is -2.14. The summed E-state index contributed by atoms with van der Waals surface area (Å²) in [6.45, 7) is 1.68. The summed E-state index contributed by atoms with van der Waals surface area (Å²) in [5.74, 6) is -0.715. The van der Waals surface area contributed by atoms with Gasteiger partial charge >= 0.3 is 5.97 Å². The van der Waals surface area contributed by atoms with Gasteiger partial charge in [0, 0.05) is 12.6 Å². The number of hydrogen-bond acceptors (Lipinski definition) is 5. The van der Waals surface area contributed by atoms with Crippen LogP contribution in [-0.4, -0.2) is 44.1 Å². The summed E-state index contributed by atoms with van der Waals surface area (Å²) in [6.07, 6.45) is 10.7. The molecule has 0 aromatic heterocycles. The van der Waals surface area contributed by atoms with Crippen LogP contribution in [0.15, 0.2) is 42.0 Å². The third kappa shape index (κ3) is 8.51. The number of hydrogen-bond donors (Lipinski definition) is 2. The van der Waals surface area contributed by atoms with Gasteiger partial charge in [-0.15, -0.1) is 0 Å². The van der Waals surface area contributed by atoms with Crippen LogP contribution in [0.3, 0.4) is 0 Å². The van der Waals surface area contributed by atoms with Crippen molar-refractivity contribution in [1.82, 2.24) is 10.6 Å². The van der Waals surface area contributed by atoms with Gasteiger partial charge in [0.2, 0.25) is 5.91 Å². The van der Waals surface area contributed by atoms with Gasteiger partial charge in [-0.2, -0.15) is 0 Å². The Morgan fingerprint density at radius 1 is 1.17 bits per heavy atom. The quantitative estimate of drug-likeness (QED) is 0.349. The van der Waals surface area contributed by atoms with Crippen molar-refractivity contribution in [3.63, 3.8) is 0 Å². The van der Waals surface area contributed by atoms with Gasteiger partial charge < -0.3 is 20.1 Å². The van der Waals surface area contributed by atoms with Gasteiger partial charge in [-0.25, -0.2) is 4.79 Å². The van der Waals surface area contributed by atoms with E-state index in [0.717, 1.165) is 30.6 Å². The van der Waals surface area contributed by atoms with Crippen molar-refractivity contribution in [2.24, 2.45) is 0 Å². The average molecular weight is 415 g/mol. The van der Waals surface area contributed by atoms with E-state index in [1.165, 1.54) is 31.4 Å². The summed E-state index contributed by atoms with van der Waals surface area (Å²) in [4.78, 5) is 35.8. The SMILES string of the molecule is COc1ccc(/C=C/C(=O)N[C@@H](C)C(=O)OCC(=O)NCCC2=CCCCC2)cc1. The molecule has 0 radical (unpaired) electrons. The van der Waals surface area contributed by atoms with Crippen molar-refractivity contribution in [1.29, 1.82) is 0 Å². The van der Waals surface area contributed by atoms with E-state index in [4.69, 9.17) is 9.47 Å². The van der Waals surface area contributed by atoms with Gasteiger partial charge in [0.15, 0.2) is 6.61 Å². The zero-order chi connectivity index (χ0) is 21.8. The molecule has 7 nitrogen and oxygen atoms in total. The second kappa shape index (κ2) is 12.5. The Morgan fingerprint density at radius 2 is 1.93 bits per heavy atom. The van der Waals surface area contributed by atoms with Crippen LogP contribution in [0.5, 0.6) is 5.75 Å². The van der Waals surface area contributed by atoms with Crippen molar-refractivity contribution in [3.8, 4) is 5.75 Å². The molecule has 0 fully saturated rings. The number of ether oxygens (including phenoxy) is 2. The lowest BCUT2D eigenvalue weighted by Crippen LogP contribution is -2.40. The second-order valence-electron chi connectivity index (χ2n) is 7.15. The Morgan fingerprint density at radius 3 is 2.60 bits per heavy atom. The number of rotatable bonds is 10. The number of carbonyl (C=O) groups is 3. The Balaban J connectivity index is 1.65. The van der Waals surface area contributed by atoms with Crippen molar-refractivity contribution < 1.29 is 23.9 Å². The highest BCUT2D eigenvalue weighted by Gasteiger charge is 2.17. The van der Waals surface area contributed by atoms with E-state index in [-0.39, 0.29) is 12.5 Å². The Kier molecular flexibility index (Phi) is 9.64. The normalized spacial score (nSPS) is 14.5. The molecule has 0 heterocycles. The molecule has 1 aromatic carbocycles. The maximum Gasteiger partial charge on any atom is 0.328 e. The van der Waals surface area contributed by atoms with Gasteiger partial charge in [0.25, 0.3) is 5.91 Å². The Bertz CT molecular complexity index is 783. The molecule has 1 aliphatic carbocycles. The highest BCUT2D eigenvalue weighted by Crippen LogP contribution is 2.19. The summed E-state index contributed by atoms with van der Waals surface area (Å²) in [7, 11) is 1.58. The van der Waals surface area contributed by atoms with E-state index in [1.54, 1.807) is 25.3 Å². The number of carbonyl (C=O) groups excluding carboxylic acids is 3. The van der Waals surface area contributed by atoms with Gasteiger partial charge in [0.1, 0.15) is 11.8 Å². The lowest BCUT2D eigenvalue weighted by molar-refractivity contribution is -0.150. The Labute approximate surface area is 177 Å². The molecule has 0 bridgehead atoms. The summed E-state index contributed by atoms with van der Waals surface area (Å²) in [6, 6.07) is 6.33. The predicted octanol–water partition coefficient (Wildman–Crippen LogP) is 2.76. The zero-order valence-corrected chi connectivity index (χ0v) is 17.6. The van der Waals surface area contributed by atoms with Crippen molar-refractivity contribution in [2.45, 2.75) is 45.1 Å². The molecule has 1 aromatic rings. The minimum absolute atomic E-state index is 0.349. The van der Waals surface area contributed by atoms with Crippen LogP contribution in [-0.2, 0) is 19.1 Å². The number of nitrogens with one attached hydrogen (secondary N) is 2. The standard InChI is InChI=1S/C23H30N2O5/c1-17(25-21(26)13-10-19-8-11-20(29-2)12-9-19)23(28)30-16-22(27)24-15-14-18-6-4-3-5-7-18/h6,8-13,17H,3-5,7,14-16H2,1-2H3,(H,24,27)(H,25,26)/b13-10+/t17-/m0/s1. The smallest absolute Gasteiger partial charge is 0.328 e. The predicted molar refractivity (Wildman–Crippen MR) is 115 cm³/mol. The molecule has 2 rings (SSSR count). The highest BCUT2D eigenvalue weighted by molar-refractivity contribution is 5.94. The molecule has 7 heteroatoms. The summed E-state index contributed by atoms with van der Waals surface area (Å²) in [5.41, 5.74) is 2.19. The van der Waals surface area contributed by atoms with Crippen molar-refractivity contribution in [2.75, 3.05) is 20.3 Å². The maximum absolute atomic E-state index is 12.0. The first-order valence-corrected chi connectivity index (χ1v) is 10.2. The molecule has 0 saturated carbocycles. The minimum atomic E-state index is -0.863. The molecule has 0 aliphatic heterocycles. The van der Waals surface area contributed by atoms with Crippen LogP contribution < -0.4 is 15.4 Å². The topological polar surface area (TPSA) is 93.7 Å². The average Bonchev–Trinajstić information content (AvgIpc) is 2.77. The van der Waals surface area contributed by atoms with Crippen LogP contribution >= 0.6 is 0 Å². The van der Waals surface area contributed by atoms with E-state index >= 15 is 0 Å². The molecule has 1 aliphatic rings. The van der Waals surface area contributed by atoms with Gasteiger partial charge in [0.05, 0.1) is 7.11 Å². The highest BCUT2D eigenvalue weighted by atomic mass is 16.5. The van der Waals surface area contributed by atoms with Crippen molar-refractivity contribution in [3.05, 3.63) is 47.6 Å². The molecule has 2 amide bonds. The molecule has 0 unspecified atom stereocenters. The van der Waals surface area contributed by atoms with Crippen LogP contribution in [0.1, 0.15) is 44.6 Å². The summed E-state index contributed by atoms with van der Waals surface area (Å²) in [5, 5.41) is 5.27. The first-order chi connectivity index (χ1) is 14.5.